The van der Waals surface area contributed by atoms with Gasteiger partial charge in [0.25, 0.3) is 0 Å². The molecule has 92 valence electrons. The number of aliphatic hydroxyl groups is 2. The normalized spacial score (nSPS) is 19.6. The highest BCUT2D eigenvalue weighted by molar-refractivity contribution is 5.30. The van der Waals surface area contributed by atoms with Crippen molar-refractivity contribution in [1.29, 1.82) is 0 Å². The van der Waals surface area contributed by atoms with Crippen LogP contribution < -0.4 is 0 Å². The van der Waals surface area contributed by atoms with E-state index in [2.05, 4.69) is 0 Å². The minimum absolute atomic E-state index is 0.0383. The van der Waals surface area contributed by atoms with Crippen LogP contribution in [0.1, 0.15) is 23.7 Å². The Labute approximate surface area is 97.0 Å². The lowest BCUT2D eigenvalue weighted by Crippen LogP contribution is -2.03. The summed E-state index contributed by atoms with van der Waals surface area (Å²) >= 11 is 0. The molecule has 3 nitrogen and oxygen atoms in total. The molecule has 0 saturated carbocycles. The largest absolute Gasteiger partial charge is 0.509 e. The predicted octanol–water partition coefficient (Wildman–Crippen LogP) is 2.50. The van der Waals surface area contributed by atoms with E-state index in [-0.39, 0.29) is 23.5 Å². The van der Waals surface area contributed by atoms with Gasteiger partial charge in [-0.1, -0.05) is 0 Å². The lowest BCUT2D eigenvalue weighted by atomic mass is 10.0. The zero-order valence-corrected chi connectivity index (χ0v) is 9.20. The number of aryl methyl sites for hydroxylation is 1. The van der Waals surface area contributed by atoms with Crippen LogP contribution in [-0.2, 0) is 4.74 Å². The van der Waals surface area contributed by atoms with Crippen molar-refractivity contribution in [3.63, 3.8) is 0 Å². The number of aliphatic hydroxyl groups excluding tert-OH is 2. The Morgan fingerprint density at radius 1 is 1.35 bits per heavy atom. The second-order valence-corrected chi connectivity index (χ2v) is 3.96. The number of hydrogen-bond acceptors (Lipinski definition) is 3. The topological polar surface area (TPSA) is 49.7 Å². The smallest absolute Gasteiger partial charge is 0.160 e. The van der Waals surface area contributed by atoms with Gasteiger partial charge in [-0.15, -0.1) is 0 Å². The van der Waals surface area contributed by atoms with Gasteiger partial charge in [-0.2, -0.15) is 0 Å². The molecule has 0 spiro atoms. The summed E-state index contributed by atoms with van der Waals surface area (Å²) in [7, 11) is 0. The SMILES string of the molecule is Cc1cc([C@H]2CC(O)=C(CO)O2)c(F)cc1F. The molecule has 0 aromatic heterocycles. The maximum atomic E-state index is 13.6. The highest BCUT2D eigenvalue weighted by Gasteiger charge is 2.29. The van der Waals surface area contributed by atoms with Crippen molar-refractivity contribution >= 4 is 0 Å². The van der Waals surface area contributed by atoms with E-state index in [0.717, 1.165) is 6.07 Å². The van der Waals surface area contributed by atoms with E-state index in [1.807, 2.05) is 0 Å². The first-order chi connectivity index (χ1) is 8.02. The lowest BCUT2D eigenvalue weighted by molar-refractivity contribution is 0.111. The number of hydrogen-bond donors (Lipinski definition) is 2. The van der Waals surface area contributed by atoms with Crippen molar-refractivity contribution in [2.75, 3.05) is 6.61 Å². The van der Waals surface area contributed by atoms with Crippen LogP contribution >= 0.6 is 0 Å². The van der Waals surface area contributed by atoms with Gasteiger partial charge in [0, 0.05) is 18.1 Å². The quantitative estimate of drug-likeness (QED) is 0.837. The van der Waals surface area contributed by atoms with Crippen LogP contribution in [0, 0.1) is 18.6 Å². The Hall–Kier alpha value is -1.62. The first kappa shape index (κ1) is 11.9. The first-order valence-corrected chi connectivity index (χ1v) is 5.17. The summed E-state index contributed by atoms with van der Waals surface area (Å²) in [6.45, 7) is 1.08. The van der Waals surface area contributed by atoms with Crippen LogP contribution in [0.4, 0.5) is 8.78 Å². The fourth-order valence-electron chi connectivity index (χ4n) is 1.80. The molecule has 0 unspecified atom stereocenters. The second kappa shape index (κ2) is 4.33. The van der Waals surface area contributed by atoms with Crippen LogP contribution in [0.25, 0.3) is 0 Å². The molecule has 1 heterocycles. The van der Waals surface area contributed by atoms with Gasteiger partial charge >= 0.3 is 0 Å². The van der Waals surface area contributed by atoms with Gasteiger partial charge in [0.1, 0.15) is 30.1 Å². The zero-order valence-electron chi connectivity index (χ0n) is 9.20. The summed E-state index contributed by atoms with van der Waals surface area (Å²) < 4.78 is 31.8. The van der Waals surface area contributed by atoms with Crippen molar-refractivity contribution < 1.29 is 23.7 Å². The van der Waals surface area contributed by atoms with E-state index in [4.69, 9.17) is 9.84 Å². The molecule has 0 fully saturated rings. The molecule has 1 aliphatic rings. The minimum atomic E-state index is -0.718. The maximum absolute atomic E-state index is 13.6. The van der Waals surface area contributed by atoms with E-state index in [9.17, 15) is 13.9 Å². The Morgan fingerprint density at radius 3 is 2.65 bits per heavy atom. The molecule has 0 bridgehead atoms. The molecule has 1 aliphatic heterocycles. The van der Waals surface area contributed by atoms with Gasteiger partial charge in [0.2, 0.25) is 0 Å². The van der Waals surface area contributed by atoms with Crippen molar-refractivity contribution in [3.05, 3.63) is 46.4 Å². The van der Waals surface area contributed by atoms with Crippen LogP contribution in [0.2, 0.25) is 0 Å². The summed E-state index contributed by atoms with van der Waals surface area (Å²) in [5.74, 6) is -1.40. The van der Waals surface area contributed by atoms with E-state index in [1.54, 1.807) is 0 Å². The molecule has 1 aromatic carbocycles. The number of rotatable bonds is 2. The van der Waals surface area contributed by atoms with E-state index < -0.39 is 24.3 Å². The van der Waals surface area contributed by atoms with Crippen LogP contribution in [0.15, 0.2) is 23.7 Å². The third-order valence-corrected chi connectivity index (χ3v) is 2.75. The molecule has 0 aliphatic carbocycles. The fourth-order valence-corrected chi connectivity index (χ4v) is 1.80. The number of ether oxygens (including phenoxy) is 1. The Bertz CT molecular complexity index is 483. The minimum Gasteiger partial charge on any atom is -0.509 e. The summed E-state index contributed by atoms with van der Waals surface area (Å²) in [6, 6.07) is 2.14. The molecule has 5 heteroatoms. The van der Waals surface area contributed by atoms with Crippen LogP contribution in [0.5, 0.6) is 0 Å². The maximum Gasteiger partial charge on any atom is 0.160 e. The van der Waals surface area contributed by atoms with Gasteiger partial charge in [-0.05, 0) is 18.6 Å². The van der Waals surface area contributed by atoms with Crippen molar-refractivity contribution in [2.45, 2.75) is 19.4 Å². The summed E-state index contributed by atoms with van der Waals surface area (Å²) in [6.07, 6.45) is -0.630. The van der Waals surface area contributed by atoms with Crippen molar-refractivity contribution in [2.24, 2.45) is 0 Å². The molecule has 0 saturated heterocycles. The molecule has 17 heavy (non-hydrogen) atoms. The number of benzene rings is 1. The third-order valence-electron chi connectivity index (χ3n) is 2.75. The Morgan fingerprint density at radius 2 is 2.06 bits per heavy atom. The van der Waals surface area contributed by atoms with E-state index >= 15 is 0 Å². The molecule has 2 N–H and O–H groups in total. The standard InChI is InChI=1S/C12H12F2O3/c1-6-2-7(9(14)3-8(6)13)11-4-10(16)12(5-15)17-11/h2-3,11,15-16H,4-5H2,1H3/t11-/m1/s1. The summed E-state index contributed by atoms with van der Waals surface area (Å²) in [4.78, 5) is 0. The molecule has 1 aromatic rings. The second-order valence-electron chi connectivity index (χ2n) is 3.96. The molecule has 0 radical (unpaired) electrons. The molecule has 2 rings (SSSR count). The lowest BCUT2D eigenvalue weighted by Gasteiger charge is -2.14. The average molecular weight is 242 g/mol. The molecular formula is C12H12F2O3. The van der Waals surface area contributed by atoms with Gasteiger partial charge < -0.3 is 14.9 Å². The molecule has 0 amide bonds. The van der Waals surface area contributed by atoms with Gasteiger partial charge in [0.15, 0.2) is 5.76 Å². The average Bonchev–Trinajstić information content (AvgIpc) is 2.65. The first-order valence-electron chi connectivity index (χ1n) is 5.17. The van der Waals surface area contributed by atoms with Gasteiger partial charge in [-0.25, -0.2) is 8.78 Å². The third kappa shape index (κ3) is 2.10. The van der Waals surface area contributed by atoms with Crippen LogP contribution in [-0.4, -0.2) is 16.8 Å². The fraction of sp³-hybridized carbons (Fsp3) is 0.333. The zero-order chi connectivity index (χ0) is 12.6. The van der Waals surface area contributed by atoms with Crippen LogP contribution in [0.3, 0.4) is 0 Å². The monoisotopic (exact) mass is 242 g/mol. The van der Waals surface area contributed by atoms with Crippen molar-refractivity contribution in [1.82, 2.24) is 0 Å². The highest BCUT2D eigenvalue weighted by atomic mass is 19.1. The van der Waals surface area contributed by atoms with E-state index in [0.29, 0.717) is 5.56 Å². The molecular weight excluding hydrogens is 230 g/mol. The predicted molar refractivity (Wildman–Crippen MR) is 56.3 cm³/mol. The highest BCUT2D eigenvalue weighted by Crippen LogP contribution is 2.36. The van der Waals surface area contributed by atoms with Gasteiger partial charge in [0.05, 0.1) is 0 Å². The van der Waals surface area contributed by atoms with Gasteiger partial charge in [-0.3, -0.25) is 0 Å². The Kier molecular flexibility index (Phi) is 3.02. The number of halogens is 2. The molecule has 1 atom stereocenters. The van der Waals surface area contributed by atoms with Crippen molar-refractivity contribution in [3.8, 4) is 0 Å². The Balaban J connectivity index is 2.29. The van der Waals surface area contributed by atoms with E-state index in [1.165, 1.54) is 13.0 Å². The summed E-state index contributed by atoms with van der Waals surface area (Å²) in [5.41, 5.74) is 0.487. The summed E-state index contributed by atoms with van der Waals surface area (Å²) in [5, 5.41) is 18.3.